The lowest BCUT2D eigenvalue weighted by atomic mass is 9.78. The van der Waals surface area contributed by atoms with E-state index in [0.29, 0.717) is 11.4 Å². The third kappa shape index (κ3) is 2.86. The molecule has 1 aliphatic heterocycles. The van der Waals surface area contributed by atoms with E-state index < -0.39 is 7.12 Å². The summed E-state index contributed by atoms with van der Waals surface area (Å²) in [5.41, 5.74) is 0.950. The predicted molar refractivity (Wildman–Crippen MR) is 76.9 cm³/mol. The lowest BCUT2D eigenvalue weighted by Crippen LogP contribution is -2.41. The summed E-state index contributed by atoms with van der Waals surface area (Å²) in [6, 6.07) is 5.51. The molecule has 0 unspecified atom stereocenters. The molecule has 1 aliphatic rings. The summed E-state index contributed by atoms with van der Waals surface area (Å²) in [4.78, 5) is 10.6. The van der Waals surface area contributed by atoms with E-state index in [0.717, 1.165) is 17.3 Å². The highest BCUT2D eigenvalue weighted by molar-refractivity contribution is 6.62. The first-order valence-corrected chi connectivity index (χ1v) is 6.71. The van der Waals surface area contributed by atoms with Gasteiger partial charge in [-0.25, -0.2) is 0 Å². The quantitative estimate of drug-likeness (QED) is 0.630. The average molecular weight is 281 g/mol. The number of aldehydes is 1. The van der Waals surface area contributed by atoms with Gasteiger partial charge in [-0.05, 0) is 50.9 Å². The fourth-order valence-corrected chi connectivity index (χ4v) is 2.27. The van der Waals surface area contributed by atoms with E-state index in [9.17, 15) is 4.79 Å². The van der Waals surface area contributed by atoms with Crippen molar-refractivity contribution in [1.29, 1.82) is 0 Å². The van der Waals surface area contributed by atoms with Crippen molar-refractivity contribution in [2.45, 2.75) is 45.3 Å². The van der Waals surface area contributed by atoms with E-state index in [2.05, 4.69) is 0 Å². The number of halogens is 1. The lowest BCUT2D eigenvalue weighted by molar-refractivity contribution is -0.107. The summed E-state index contributed by atoms with van der Waals surface area (Å²) >= 11 is 6.08. The second-order valence-corrected chi connectivity index (χ2v) is 6.29. The molecule has 1 aromatic carbocycles. The maximum absolute atomic E-state index is 10.6. The van der Waals surface area contributed by atoms with Crippen LogP contribution in [-0.2, 0) is 20.5 Å². The Morgan fingerprint density at radius 3 is 2.26 bits per heavy atom. The molecule has 1 saturated heterocycles. The van der Waals surface area contributed by atoms with E-state index in [-0.39, 0.29) is 11.2 Å². The molecule has 0 bridgehead atoms. The topological polar surface area (TPSA) is 35.5 Å². The van der Waals surface area contributed by atoms with Crippen molar-refractivity contribution in [3.8, 4) is 0 Å². The molecule has 0 N–H and O–H groups in total. The molecule has 1 heterocycles. The van der Waals surface area contributed by atoms with Gasteiger partial charge in [0.2, 0.25) is 0 Å². The Balaban J connectivity index is 2.31. The third-order valence-corrected chi connectivity index (χ3v) is 4.04. The van der Waals surface area contributed by atoms with Crippen LogP contribution in [0.3, 0.4) is 0 Å². The monoisotopic (exact) mass is 280 g/mol. The summed E-state index contributed by atoms with van der Waals surface area (Å²) in [6.45, 7) is 8.02. The van der Waals surface area contributed by atoms with Crippen molar-refractivity contribution in [1.82, 2.24) is 0 Å². The first-order valence-electron chi connectivity index (χ1n) is 6.34. The molecule has 0 spiro atoms. The second kappa shape index (κ2) is 4.93. The van der Waals surface area contributed by atoms with E-state index in [1.165, 1.54) is 0 Å². The minimum absolute atomic E-state index is 0.340. The highest BCUT2D eigenvalue weighted by Crippen LogP contribution is 2.36. The van der Waals surface area contributed by atoms with E-state index in [1.807, 2.05) is 39.8 Å². The zero-order chi connectivity index (χ0) is 14.3. The van der Waals surface area contributed by atoms with E-state index in [1.54, 1.807) is 6.07 Å². The normalized spacial score (nSPS) is 20.6. The zero-order valence-corrected chi connectivity index (χ0v) is 12.5. The molecule has 0 saturated carbocycles. The van der Waals surface area contributed by atoms with Crippen LogP contribution in [0.2, 0.25) is 5.02 Å². The van der Waals surface area contributed by atoms with Crippen LogP contribution in [0.4, 0.5) is 0 Å². The van der Waals surface area contributed by atoms with Crippen LogP contribution in [-0.4, -0.2) is 24.6 Å². The highest BCUT2D eigenvalue weighted by Gasteiger charge is 2.51. The molecule has 19 heavy (non-hydrogen) atoms. The van der Waals surface area contributed by atoms with Crippen molar-refractivity contribution in [2.75, 3.05) is 0 Å². The summed E-state index contributed by atoms with van der Waals surface area (Å²) in [5, 5.41) is 0.587. The summed E-state index contributed by atoms with van der Waals surface area (Å²) < 4.78 is 11.9. The van der Waals surface area contributed by atoms with Crippen LogP contribution >= 0.6 is 11.6 Å². The predicted octanol–water partition coefficient (Wildman–Crippen LogP) is 2.38. The molecule has 1 fully saturated rings. The molecule has 0 atom stereocenters. The number of benzene rings is 1. The maximum Gasteiger partial charge on any atom is 0.494 e. The van der Waals surface area contributed by atoms with E-state index >= 15 is 0 Å². The Morgan fingerprint density at radius 1 is 1.16 bits per heavy atom. The molecule has 2 rings (SSSR count). The number of carbonyl (C=O) groups is 1. The number of rotatable bonds is 3. The minimum atomic E-state index is -0.450. The first kappa shape index (κ1) is 14.6. The Hall–Kier alpha value is -0.835. The molecule has 0 aromatic heterocycles. The van der Waals surface area contributed by atoms with Gasteiger partial charge >= 0.3 is 7.12 Å². The van der Waals surface area contributed by atoms with Crippen molar-refractivity contribution < 1.29 is 14.1 Å². The summed E-state index contributed by atoms with van der Waals surface area (Å²) in [7, 11) is -0.450. The Bertz CT molecular complexity index is 483. The van der Waals surface area contributed by atoms with Gasteiger partial charge < -0.3 is 14.1 Å². The number of hydrogen-bond donors (Lipinski definition) is 0. The maximum atomic E-state index is 10.6. The minimum Gasteiger partial charge on any atom is -0.399 e. The van der Waals surface area contributed by atoms with Gasteiger partial charge in [-0.2, -0.15) is 0 Å². The number of carbonyl (C=O) groups excluding carboxylic acids is 1. The lowest BCUT2D eigenvalue weighted by Gasteiger charge is -2.32. The smallest absolute Gasteiger partial charge is 0.399 e. The Labute approximate surface area is 119 Å². The van der Waals surface area contributed by atoms with Crippen LogP contribution in [0.15, 0.2) is 18.2 Å². The third-order valence-electron chi connectivity index (χ3n) is 3.82. The molecule has 0 aliphatic carbocycles. The van der Waals surface area contributed by atoms with Gasteiger partial charge in [0.25, 0.3) is 0 Å². The molecule has 102 valence electrons. The van der Waals surface area contributed by atoms with Crippen LogP contribution in [0.25, 0.3) is 0 Å². The fourth-order valence-electron chi connectivity index (χ4n) is 2.00. The molecular weight excluding hydrogens is 262 g/mol. The van der Waals surface area contributed by atoms with Crippen LogP contribution in [0, 0.1) is 0 Å². The van der Waals surface area contributed by atoms with Gasteiger partial charge in [-0.1, -0.05) is 17.7 Å². The summed E-state index contributed by atoms with van der Waals surface area (Å²) in [5.74, 6) is 0. The van der Waals surface area contributed by atoms with Crippen molar-refractivity contribution in [2.24, 2.45) is 0 Å². The molecule has 5 heteroatoms. The number of hydrogen-bond acceptors (Lipinski definition) is 3. The van der Waals surface area contributed by atoms with Gasteiger partial charge in [0.15, 0.2) is 0 Å². The van der Waals surface area contributed by atoms with Crippen LogP contribution in [0.1, 0.15) is 33.3 Å². The van der Waals surface area contributed by atoms with Crippen molar-refractivity contribution >= 4 is 30.5 Å². The van der Waals surface area contributed by atoms with E-state index in [4.69, 9.17) is 20.9 Å². The Morgan fingerprint density at radius 2 is 1.74 bits per heavy atom. The molecule has 0 amide bonds. The largest absolute Gasteiger partial charge is 0.494 e. The van der Waals surface area contributed by atoms with Gasteiger partial charge in [-0.15, -0.1) is 0 Å². The SMILES string of the molecule is CC1(C)OB(c2cc(Cl)cc(CC=O)c2)OC1(C)C. The molecular formula is C14H18BClO3. The fraction of sp³-hybridized carbons (Fsp3) is 0.500. The van der Waals surface area contributed by atoms with Gasteiger partial charge in [0.05, 0.1) is 11.2 Å². The Kier molecular flexibility index (Phi) is 3.78. The van der Waals surface area contributed by atoms with Crippen molar-refractivity contribution in [3.05, 3.63) is 28.8 Å². The first-order chi connectivity index (χ1) is 8.75. The highest BCUT2D eigenvalue weighted by atomic mass is 35.5. The molecule has 0 radical (unpaired) electrons. The summed E-state index contributed by atoms with van der Waals surface area (Å²) in [6.07, 6.45) is 1.20. The van der Waals surface area contributed by atoms with Gasteiger partial charge in [0.1, 0.15) is 6.29 Å². The molecule has 1 aromatic rings. The average Bonchev–Trinajstić information content (AvgIpc) is 2.48. The van der Waals surface area contributed by atoms with Crippen molar-refractivity contribution in [3.63, 3.8) is 0 Å². The van der Waals surface area contributed by atoms with Crippen LogP contribution < -0.4 is 5.46 Å². The van der Waals surface area contributed by atoms with Gasteiger partial charge in [-0.3, -0.25) is 0 Å². The molecule has 3 nitrogen and oxygen atoms in total. The standard InChI is InChI=1S/C14H18BClO3/c1-13(2)14(3,4)19-15(18-13)11-7-10(5-6-17)8-12(16)9-11/h6-9H,5H2,1-4H3. The zero-order valence-electron chi connectivity index (χ0n) is 11.7. The second-order valence-electron chi connectivity index (χ2n) is 5.85. The van der Waals surface area contributed by atoms with Gasteiger partial charge in [0, 0.05) is 11.4 Å². The van der Waals surface area contributed by atoms with Crippen LogP contribution in [0.5, 0.6) is 0 Å².